The standard InChI is InChI=1S/C30H33N7O7/c1-17-12-22-23(13-18(17)2)33-28(32-22)35-25(39)10-11-31-26-19(3)14-37(29(41)36-26)15-24(27(40)44-20(4)38)34-30(42)43-16-21-8-6-5-7-9-21/h5-9,12-14,24H,10-11,15-16H2,1-4H3,(H,34,42)(H,31,36,41)(H2,32,33,35,39)/t24-/m0/s1. The Kier molecular flexibility index (Phi) is 10.1. The average molecular weight is 604 g/mol. The number of hydrogen-bond donors (Lipinski definition) is 4. The van der Waals surface area contributed by atoms with E-state index in [2.05, 4.69) is 35.6 Å². The number of ether oxygens (including phenoxy) is 2. The smallest absolute Gasteiger partial charge is 0.408 e. The van der Waals surface area contributed by atoms with Crippen LogP contribution >= 0.6 is 0 Å². The monoisotopic (exact) mass is 603 g/mol. The zero-order chi connectivity index (χ0) is 31.8. The highest BCUT2D eigenvalue weighted by Crippen LogP contribution is 2.19. The van der Waals surface area contributed by atoms with Crippen molar-refractivity contribution in [1.82, 2.24) is 24.8 Å². The Morgan fingerprint density at radius 1 is 1.00 bits per heavy atom. The molecular formula is C30H33N7O7. The summed E-state index contributed by atoms with van der Waals surface area (Å²) in [5.74, 6) is -1.67. The van der Waals surface area contributed by atoms with Crippen molar-refractivity contribution < 1.29 is 28.7 Å². The molecule has 2 aromatic carbocycles. The summed E-state index contributed by atoms with van der Waals surface area (Å²) in [5, 5.41) is 8.03. The predicted molar refractivity (Wildman–Crippen MR) is 161 cm³/mol. The number of H-pyrrole nitrogens is 1. The molecular weight excluding hydrogens is 570 g/mol. The van der Waals surface area contributed by atoms with E-state index in [1.807, 2.05) is 32.0 Å². The van der Waals surface area contributed by atoms with Gasteiger partial charge in [0.05, 0.1) is 17.6 Å². The topological polar surface area (TPSA) is 186 Å². The fraction of sp³-hybridized carbons (Fsp3) is 0.300. The number of rotatable bonds is 11. The Balaban J connectivity index is 1.35. The van der Waals surface area contributed by atoms with Crippen LogP contribution in [0, 0.1) is 20.8 Å². The van der Waals surface area contributed by atoms with Gasteiger partial charge in [0.25, 0.3) is 0 Å². The minimum absolute atomic E-state index is 0.0577. The fourth-order valence-corrected chi connectivity index (χ4v) is 4.22. The normalized spacial score (nSPS) is 11.5. The third-order valence-corrected chi connectivity index (χ3v) is 6.59. The second-order valence-corrected chi connectivity index (χ2v) is 10.1. The molecule has 2 heterocycles. The van der Waals surface area contributed by atoms with Crippen LogP contribution < -0.4 is 21.6 Å². The number of carbonyl (C=O) groups is 4. The number of fused-ring (bicyclic) bond motifs is 1. The van der Waals surface area contributed by atoms with E-state index in [-0.39, 0.29) is 37.8 Å². The van der Waals surface area contributed by atoms with Gasteiger partial charge < -0.3 is 25.1 Å². The highest BCUT2D eigenvalue weighted by Gasteiger charge is 2.26. The molecule has 0 saturated carbocycles. The third-order valence-electron chi connectivity index (χ3n) is 6.59. The molecule has 4 N–H and O–H groups in total. The number of carbonyl (C=O) groups excluding carboxylic acids is 4. The molecule has 14 heteroatoms. The van der Waals surface area contributed by atoms with E-state index >= 15 is 0 Å². The molecule has 2 amide bonds. The van der Waals surface area contributed by atoms with Gasteiger partial charge in [-0.3, -0.25) is 19.5 Å². The van der Waals surface area contributed by atoms with Crippen molar-refractivity contribution >= 4 is 46.7 Å². The zero-order valence-corrected chi connectivity index (χ0v) is 24.7. The van der Waals surface area contributed by atoms with Crippen LogP contribution in [0.5, 0.6) is 0 Å². The number of nitrogens with zero attached hydrogens (tertiary/aromatic N) is 3. The molecule has 230 valence electrons. The number of nitrogens with one attached hydrogen (secondary N) is 4. The molecule has 0 aliphatic carbocycles. The lowest BCUT2D eigenvalue weighted by Crippen LogP contribution is -2.47. The number of aromatic amines is 1. The quantitative estimate of drug-likeness (QED) is 0.147. The van der Waals surface area contributed by atoms with Crippen molar-refractivity contribution in [2.75, 3.05) is 17.2 Å². The Morgan fingerprint density at radius 2 is 1.73 bits per heavy atom. The van der Waals surface area contributed by atoms with Crippen molar-refractivity contribution in [3.05, 3.63) is 81.4 Å². The SMILES string of the molecule is CC(=O)OC(=O)[C@H](Cn1cc(C)c(NCCC(=O)Nc2nc3cc(C)c(C)cc3[nH]2)nc1=O)NC(=O)OCc1ccccc1. The number of amides is 2. The largest absolute Gasteiger partial charge is 0.445 e. The maximum absolute atomic E-state index is 12.8. The van der Waals surface area contributed by atoms with E-state index in [4.69, 9.17) is 4.74 Å². The molecule has 2 aromatic heterocycles. The fourth-order valence-electron chi connectivity index (χ4n) is 4.22. The highest BCUT2D eigenvalue weighted by molar-refractivity contribution is 5.91. The third kappa shape index (κ3) is 8.50. The van der Waals surface area contributed by atoms with E-state index in [1.165, 1.54) is 6.20 Å². The van der Waals surface area contributed by atoms with Gasteiger partial charge in [0.1, 0.15) is 18.5 Å². The second-order valence-electron chi connectivity index (χ2n) is 10.1. The summed E-state index contributed by atoms with van der Waals surface area (Å²) in [6.07, 6.45) is 0.551. The molecule has 4 rings (SSSR count). The maximum Gasteiger partial charge on any atom is 0.408 e. The number of hydrogen-bond acceptors (Lipinski definition) is 10. The van der Waals surface area contributed by atoms with Gasteiger partial charge in [0, 0.05) is 31.6 Å². The van der Waals surface area contributed by atoms with Gasteiger partial charge in [-0.05, 0) is 49.6 Å². The summed E-state index contributed by atoms with van der Waals surface area (Å²) >= 11 is 0. The molecule has 0 fully saturated rings. The second kappa shape index (κ2) is 14.1. The first-order valence-corrected chi connectivity index (χ1v) is 13.8. The van der Waals surface area contributed by atoms with Crippen molar-refractivity contribution in [3.8, 4) is 0 Å². The zero-order valence-electron chi connectivity index (χ0n) is 24.7. The van der Waals surface area contributed by atoms with E-state index in [1.54, 1.807) is 31.2 Å². The number of imidazole rings is 1. The molecule has 0 radical (unpaired) electrons. The molecule has 0 unspecified atom stereocenters. The van der Waals surface area contributed by atoms with Crippen LogP contribution in [0.1, 0.15) is 35.6 Å². The minimum atomic E-state index is -1.42. The van der Waals surface area contributed by atoms with Crippen molar-refractivity contribution in [2.45, 2.75) is 53.3 Å². The van der Waals surface area contributed by atoms with Gasteiger partial charge in [-0.25, -0.2) is 19.4 Å². The molecule has 1 atom stereocenters. The van der Waals surface area contributed by atoms with Crippen molar-refractivity contribution in [1.29, 1.82) is 0 Å². The Labute approximate surface area is 252 Å². The number of benzene rings is 2. The molecule has 0 spiro atoms. The molecule has 44 heavy (non-hydrogen) atoms. The number of alkyl carbamates (subject to hydrolysis) is 1. The number of aryl methyl sites for hydroxylation is 3. The lowest BCUT2D eigenvalue weighted by molar-refractivity contribution is -0.159. The maximum atomic E-state index is 12.8. The van der Waals surface area contributed by atoms with Gasteiger partial charge >= 0.3 is 23.7 Å². The predicted octanol–water partition coefficient (Wildman–Crippen LogP) is 2.87. The minimum Gasteiger partial charge on any atom is -0.445 e. The van der Waals surface area contributed by atoms with Gasteiger partial charge in [-0.1, -0.05) is 30.3 Å². The van der Waals surface area contributed by atoms with Crippen LogP contribution in [0.2, 0.25) is 0 Å². The molecule has 4 aromatic rings. The number of aromatic nitrogens is 4. The Morgan fingerprint density at radius 3 is 2.45 bits per heavy atom. The van der Waals surface area contributed by atoms with E-state index in [9.17, 15) is 24.0 Å². The van der Waals surface area contributed by atoms with E-state index < -0.39 is 29.8 Å². The van der Waals surface area contributed by atoms with Crippen molar-refractivity contribution in [2.24, 2.45) is 0 Å². The summed E-state index contributed by atoms with van der Waals surface area (Å²) in [7, 11) is 0. The molecule has 0 aliphatic heterocycles. The first-order valence-electron chi connectivity index (χ1n) is 13.8. The van der Waals surface area contributed by atoms with Crippen LogP contribution in [0.4, 0.5) is 16.6 Å². The summed E-state index contributed by atoms with van der Waals surface area (Å²) < 4.78 is 10.9. The van der Waals surface area contributed by atoms with Crippen molar-refractivity contribution in [3.63, 3.8) is 0 Å². The lowest BCUT2D eigenvalue weighted by atomic mass is 10.1. The van der Waals surface area contributed by atoms with Crippen LogP contribution in [0.3, 0.4) is 0 Å². The summed E-state index contributed by atoms with van der Waals surface area (Å²) in [5.41, 5.74) is 4.28. The number of esters is 2. The van der Waals surface area contributed by atoms with Crippen LogP contribution in [0.25, 0.3) is 11.0 Å². The van der Waals surface area contributed by atoms with Crippen LogP contribution in [-0.4, -0.2) is 56.0 Å². The number of anilines is 2. The highest BCUT2D eigenvalue weighted by atomic mass is 16.6. The van der Waals surface area contributed by atoms with Crippen LogP contribution in [0.15, 0.2) is 53.5 Å². The van der Waals surface area contributed by atoms with E-state index in [0.717, 1.165) is 39.2 Å². The lowest BCUT2D eigenvalue weighted by Gasteiger charge is -2.18. The summed E-state index contributed by atoms with van der Waals surface area (Å²) in [6, 6.07) is 11.4. The molecule has 14 nitrogen and oxygen atoms in total. The Hall–Kier alpha value is -5.53. The van der Waals surface area contributed by atoms with Gasteiger partial charge in [0.2, 0.25) is 11.9 Å². The van der Waals surface area contributed by atoms with Gasteiger partial charge in [-0.2, -0.15) is 4.98 Å². The molecule has 0 bridgehead atoms. The van der Waals surface area contributed by atoms with Gasteiger partial charge in [-0.15, -0.1) is 0 Å². The molecule has 0 aliphatic rings. The first kappa shape index (κ1) is 31.4. The summed E-state index contributed by atoms with van der Waals surface area (Å²) in [4.78, 5) is 73.1. The van der Waals surface area contributed by atoms with Crippen LogP contribution in [-0.2, 0) is 37.0 Å². The van der Waals surface area contributed by atoms with Gasteiger partial charge in [0.15, 0.2) is 0 Å². The Bertz CT molecular complexity index is 1710. The summed E-state index contributed by atoms with van der Waals surface area (Å²) in [6.45, 7) is 6.44. The molecule has 0 saturated heterocycles. The first-order chi connectivity index (χ1) is 21.0. The van der Waals surface area contributed by atoms with E-state index in [0.29, 0.717) is 11.5 Å². The average Bonchev–Trinajstić information content (AvgIpc) is 3.34.